The molecule has 170 valence electrons. The van der Waals surface area contributed by atoms with Gasteiger partial charge in [-0.15, -0.1) is 0 Å². The van der Waals surface area contributed by atoms with Gasteiger partial charge in [-0.3, -0.25) is 4.79 Å². The van der Waals surface area contributed by atoms with Gasteiger partial charge in [-0.1, -0.05) is 11.6 Å². The number of hydrogen-bond acceptors (Lipinski definition) is 7. The van der Waals surface area contributed by atoms with Crippen LogP contribution in [0.5, 0.6) is 11.5 Å². The summed E-state index contributed by atoms with van der Waals surface area (Å²) in [6.45, 7) is -2.29. The highest BCUT2D eigenvalue weighted by molar-refractivity contribution is 6.38. The zero-order chi connectivity index (χ0) is 23.5. The summed E-state index contributed by atoms with van der Waals surface area (Å²) < 4.78 is 60.8. The summed E-state index contributed by atoms with van der Waals surface area (Å²) in [7, 11) is 1.38. The first-order valence-corrected chi connectivity index (χ1v) is 9.26. The van der Waals surface area contributed by atoms with Crippen LogP contribution in [0.15, 0.2) is 30.6 Å². The average Bonchev–Trinajstić information content (AvgIpc) is 2.72. The number of alkyl halides is 3. The van der Waals surface area contributed by atoms with Crippen molar-refractivity contribution < 1.29 is 31.8 Å². The third-order valence-corrected chi connectivity index (χ3v) is 4.46. The van der Waals surface area contributed by atoms with Gasteiger partial charge < -0.3 is 25.8 Å². The molecule has 13 heteroatoms. The lowest BCUT2D eigenvalue weighted by Crippen LogP contribution is -2.36. The van der Waals surface area contributed by atoms with Gasteiger partial charge in [0, 0.05) is 6.07 Å². The molecule has 3 aromatic rings. The van der Waals surface area contributed by atoms with Gasteiger partial charge in [0.25, 0.3) is 5.91 Å². The summed E-state index contributed by atoms with van der Waals surface area (Å²) in [4.78, 5) is 19.9. The maximum Gasteiger partial charge on any atom is 0.405 e. The first kappa shape index (κ1) is 23.1. The van der Waals surface area contributed by atoms with E-state index in [0.29, 0.717) is 10.9 Å². The number of fused-ring (bicyclic) bond motifs is 1. The molecule has 0 spiro atoms. The number of carbonyl (C=O) groups excluding carboxylic acids is 1. The average molecular weight is 474 g/mol. The van der Waals surface area contributed by atoms with Gasteiger partial charge in [-0.05, 0) is 18.2 Å². The van der Waals surface area contributed by atoms with Crippen LogP contribution in [0.2, 0.25) is 5.02 Å². The molecular weight excluding hydrogens is 458 g/mol. The quantitative estimate of drug-likeness (QED) is 0.353. The molecule has 4 N–H and O–H groups in total. The molecule has 1 heterocycles. The number of methoxy groups -OCH3 is 1. The summed E-state index contributed by atoms with van der Waals surface area (Å²) in [6, 6.07) is 4.90. The minimum Gasteiger partial charge on any atom is -0.493 e. The van der Waals surface area contributed by atoms with Crippen LogP contribution >= 0.6 is 11.6 Å². The van der Waals surface area contributed by atoms with Crippen molar-refractivity contribution in [2.24, 2.45) is 0 Å². The second-order valence-electron chi connectivity index (χ2n) is 6.38. The standard InChI is InChI=1S/C19H16ClF4N5O3/c1-31-17-10(25)5-12-15(16(17)20)18(28-8-27-12)29-11-3-2-9(21)4-13(11)32-6-14(30)26-7-19(22,23)24/h2-5,8H,6-7,25H2,1H3,(H,26,30)(H,27,28,29). The second-order valence-corrected chi connectivity index (χ2v) is 6.75. The molecule has 0 saturated heterocycles. The molecule has 32 heavy (non-hydrogen) atoms. The second kappa shape index (κ2) is 9.30. The Morgan fingerprint density at radius 3 is 2.69 bits per heavy atom. The maximum atomic E-state index is 13.7. The molecule has 0 bridgehead atoms. The van der Waals surface area contributed by atoms with E-state index in [1.165, 1.54) is 25.6 Å². The number of benzene rings is 2. The molecule has 0 atom stereocenters. The number of rotatable bonds is 7. The van der Waals surface area contributed by atoms with Crippen LogP contribution in [0.4, 0.5) is 34.8 Å². The summed E-state index contributed by atoms with van der Waals surface area (Å²) in [6.07, 6.45) is -3.33. The maximum absolute atomic E-state index is 13.7. The zero-order valence-corrected chi connectivity index (χ0v) is 17.1. The topological polar surface area (TPSA) is 111 Å². The summed E-state index contributed by atoms with van der Waals surface area (Å²) in [5.74, 6) is -1.47. The lowest BCUT2D eigenvalue weighted by atomic mass is 10.2. The van der Waals surface area contributed by atoms with E-state index in [0.717, 1.165) is 12.1 Å². The van der Waals surface area contributed by atoms with E-state index in [2.05, 4.69) is 15.3 Å². The molecule has 1 amide bonds. The van der Waals surface area contributed by atoms with Crippen molar-refractivity contribution in [3.8, 4) is 11.5 Å². The largest absolute Gasteiger partial charge is 0.493 e. The van der Waals surface area contributed by atoms with E-state index in [4.69, 9.17) is 26.8 Å². The van der Waals surface area contributed by atoms with E-state index in [1.54, 1.807) is 5.32 Å². The third-order valence-electron chi connectivity index (χ3n) is 4.10. The van der Waals surface area contributed by atoms with E-state index in [9.17, 15) is 22.4 Å². The monoisotopic (exact) mass is 473 g/mol. The van der Waals surface area contributed by atoms with Crippen molar-refractivity contribution in [2.45, 2.75) is 6.18 Å². The SMILES string of the molecule is COc1c(N)cc2ncnc(Nc3ccc(F)cc3OCC(=O)NCC(F)(F)F)c2c1Cl. The number of nitrogen functional groups attached to an aromatic ring is 1. The molecule has 0 fully saturated rings. The fourth-order valence-corrected chi connectivity index (χ4v) is 3.09. The van der Waals surface area contributed by atoms with Crippen molar-refractivity contribution in [3.63, 3.8) is 0 Å². The van der Waals surface area contributed by atoms with Gasteiger partial charge in [-0.2, -0.15) is 13.2 Å². The molecule has 8 nitrogen and oxygen atoms in total. The number of halogens is 5. The predicted octanol–water partition coefficient (Wildman–Crippen LogP) is 3.81. The molecule has 0 aliphatic carbocycles. The smallest absolute Gasteiger partial charge is 0.405 e. The van der Waals surface area contributed by atoms with E-state index in [-0.39, 0.29) is 33.7 Å². The van der Waals surface area contributed by atoms with Gasteiger partial charge in [0.05, 0.1) is 34.4 Å². The Hall–Kier alpha value is -3.54. The van der Waals surface area contributed by atoms with Crippen molar-refractivity contribution in [1.29, 1.82) is 0 Å². The highest BCUT2D eigenvalue weighted by Crippen LogP contribution is 2.41. The van der Waals surface area contributed by atoms with Crippen LogP contribution < -0.4 is 25.8 Å². The van der Waals surface area contributed by atoms with E-state index < -0.39 is 31.1 Å². The van der Waals surface area contributed by atoms with Crippen LogP contribution in [0.1, 0.15) is 0 Å². The number of amides is 1. The fraction of sp³-hybridized carbons (Fsp3) is 0.211. The number of ether oxygens (including phenoxy) is 2. The van der Waals surface area contributed by atoms with Crippen LogP contribution in [-0.4, -0.2) is 42.3 Å². The number of nitrogens with one attached hydrogen (secondary N) is 2. The Balaban J connectivity index is 1.89. The van der Waals surface area contributed by atoms with Crippen molar-refractivity contribution in [3.05, 3.63) is 41.4 Å². The van der Waals surface area contributed by atoms with Gasteiger partial charge in [0.15, 0.2) is 12.4 Å². The van der Waals surface area contributed by atoms with Crippen molar-refractivity contribution in [1.82, 2.24) is 15.3 Å². The number of aromatic nitrogens is 2. The highest BCUT2D eigenvalue weighted by Gasteiger charge is 2.27. The Bertz CT molecular complexity index is 1160. The minimum atomic E-state index is -4.57. The number of hydrogen-bond donors (Lipinski definition) is 3. The minimum absolute atomic E-state index is 0.127. The molecule has 0 unspecified atom stereocenters. The summed E-state index contributed by atoms with van der Waals surface area (Å²) in [5.41, 5.74) is 6.71. The lowest BCUT2D eigenvalue weighted by Gasteiger charge is -2.16. The molecule has 0 aliphatic rings. The molecule has 0 saturated carbocycles. The molecule has 0 radical (unpaired) electrons. The molecule has 3 rings (SSSR count). The number of nitrogens with two attached hydrogens (primary N) is 1. The van der Waals surface area contributed by atoms with E-state index in [1.807, 2.05) is 0 Å². The summed E-state index contributed by atoms with van der Waals surface area (Å²) in [5, 5.41) is 5.03. The van der Waals surface area contributed by atoms with Crippen molar-refractivity contribution in [2.75, 3.05) is 31.3 Å². The Morgan fingerprint density at radius 2 is 2.00 bits per heavy atom. The number of nitrogens with zero attached hydrogens (tertiary/aromatic N) is 2. The normalized spacial score (nSPS) is 11.3. The van der Waals surface area contributed by atoms with Crippen LogP contribution in [0, 0.1) is 5.82 Å². The Labute approximate surface area is 183 Å². The fourth-order valence-electron chi connectivity index (χ4n) is 2.72. The number of carbonyl (C=O) groups is 1. The Morgan fingerprint density at radius 1 is 1.25 bits per heavy atom. The first-order valence-electron chi connectivity index (χ1n) is 8.88. The highest BCUT2D eigenvalue weighted by atomic mass is 35.5. The van der Waals surface area contributed by atoms with Gasteiger partial charge in [0.2, 0.25) is 0 Å². The molecule has 1 aromatic heterocycles. The zero-order valence-electron chi connectivity index (χ0n) is 16.4. The van der Waals surface area contributed by atoms with Gasteiger partial charge in [-0.25, -0.2) is 14.4 Å². The van der Waals surface area contributed by atoms with E-state index >= 15 is 0 Å². The molecule has 2 aromatic carbocycles. The molecule has 0 aliphatic heterocycles. The van der Waals surface area contributed by atoms with Gasteiger partial charge in [0.1, 0.15) is 30.3 Å². The van der Waals surface area contributed by atoms with Crippen LogP contribution in [-0.2, 0) is 4.79 Å². The van der Waals surface area contributed by atoms with Crippen molar-refractivity contribution >= 4 is 45.6 Å². The predicted molar refractivity (Wildman–Crippen MR) is 110 cm³/mol. The third kappa shape index (κ3) is 5.38. The molecular formula is C19H16ClF4N5O3. The summed E-state index contributed by atoms with van der Waals surface area (Å²) >= 11 is 6.40. The Kier molecular flexibility index (Phi) is 6.72. The van der Waals surface area contributed by atoms with Gasteiger partial charge >= 0.3 is 6.18 Å². The lowest BCUT2D eigenvalue weighted by molar-refractivity contribution is -0.139. The number of anilines is 3. The van der Waals surface area contributed by atoms with Crippen LogP contribution in [0.3, 0.4) is 0 Å². The van der Waals surface area contributed by atoms with Crippen LogP contribution in [0.25, 0.3) is 10.9 Å². The first-order chi connectivity index (χ1) is 15.1.